The summed E-state index contributed by atoms with van der Waals surface area (Å²) in [6.07, 6.45) is 1.82. The Morgan fingerprint density at radius 2 is 1.95 bits per heavy atom. The standard InChI is InChI=1S/C29H35F3N5O3PS/c1-28(18-40-19-28)36-15-12-20(13-16-36)34-26-9-5-8-24-27(42-29(30,31)32)23(35-37(24)26)7-6-14-33-22-11-10-21(41(3,4)38)17-25(22)39-2/h5,8-11,17,20,33-34H,12-16,18-19H2,1-4H3. The molecule has 0 radical (unpaired) electrons. The summed E-state index contributed by atoms with van der Waals surface area (Å²) in [6, 6.07) is 10.6. The number of benzene rings is 1. The summed E-state index contributed by atoms with van der Waals surface area (Å²) in [5, 5.41) is 11.8. The SMILES string of the molecule is COc1cc(P(C)(C)=O)ccc1NCC#Cc1nn2c(NC3CCN(C4(C)COC4)CC3)cccc2c1SC(F)(F)F. The van der Waals surface area contributed by atoms with Crippen LogP contribution < -0.4 is 20.7 Å². The first-order chi connectivity index (χ1) is 19.9. The molecule has 13 heteroatoms. The van der Waals surface area contributed by atoms with Crippen LogP contribution in [0.15, 0.2) is 41.3 Å². The van der Waals surface area contributed by atoms with Gasteiger partial charge in [0.2, 0.25) is 0 Å². The Kier molecular flexibility index (Phi) is 8.77. The summed E-state index contributed by atoms with van der Waals surface area (Å²) in [4.78, 5) is 2.42. The molecule has 2 aliphatic rings. The Morgan fingerprint density at radius 1 is 1.21 bits per heavy atom. The van der Waals surface area contributed by atoms with E-state index in [0.29, 0.717) is 28.1 Å². The molecule has 4 heterocycles. The molecule has 2 saturated heterocycles. The second-order valence-electron chi connectivity index (χ2n) is 11.2. The fourth-order valence-corrected chi connectivity index (χ4v) is 6.78. The summed E-state index contributed by atoms with van der Waals surface area (Å²) >= 11 is -0.204. The lowest BCUT2D eigenvalue weighted by molar-refractivity contribution is -0.135. The van der Waals surface area contributed by atoms with Crippen LogP contribution in [-0.4, -0.2) is 84.9 Å². The Morgan fingerprint density at radius 3 is 2.57 bits per heavy atom. The number of hydrogen-bond donors (Lipinski definition) is 2. The van der Waals surface area contributed by atoms with Crippen LogP contribution in [0, 0.1) is 11.8 Å². The summed E-state index contributed by atoms with van der Waals surface area (Å²) < 4.78 is 65.5. The quantitative estimate of drug-likeness (QED) is 0.199. The van der Waals surface area contributed by atoms with Crippen molar-refractivity contribution < 1.29 is 27.2 Å². The van der Waals surface area contributed by atoms with Gasteiger partial charge in [0.1, 0.15) is 24.4 Å². The number of likely N-dealkylation sites (tertiary alicyclic amines) is 1. The zero-order chi connectivity index (χ0) is 30.1. The van der Waals surface area contributed by atoms with E-state index in [0.717, 1.165) is 39.1 Å². The molecule has 5 rings (SSSR count). The highest BCUT2D eigenvalue weighted by atomic mass is 32.2. The number of piperidine rings is 1. The highest BCUT2D eigenvalue weighted by Crippen LogP contribution is 2.41. The number of fused-ring (bicyclic) bond motifs is 1. The van der Waals surface area contributed by atoms with Crippen LogP contribution in [0.2, 0.25) is 0 Å². The van der Waals surface area contributed by atoms with Crippen molar-refractivity contribution in [2.24, 2.45) is 0 Å². The third-order valence-electron chi connectivity index (χ3n) is 7.65. The number of ether oxygens (including phenoxy) is 2. The normalized spacial score (nSPS) is 17.8. The Bertz CT molecular complexity index is 1550. The number of alkyl halides is 3. The molecule has 0 aliphatic carbocycles. The highest BCUT2D eigenvalue weighted by Gasteiger charge is 2.41. The van der Waals surface area contributed by atoms with Crippen molar-refractivity contribution in [2.45, 2.75) is 41.7 Å². The lowest BCUT2D eigenvalue weighted by Gasteiger charge is -2.49. The van der Waals surface area contributed by atoms with E-state index in [2.05, 4.69) is 39.4 Å². The van der Waals surface area contributed by atoms with Gasteiger partial charge in [0, 0.05) is 24.4 Å². The van der Waals surface area contributed by atoms with Gasteiger partial charge in [-0.1, -0.05) is 12.0 Å². The number of nitrogens with zero attached hydrogens (tertiary/aromatic N) is 3. The first-order valence-electron chi connectivity index (χ1n) is 13.7. The number of rotatable bonds is 8. The van der Waals surface area contributed by atoms with Crippen LogP contribution in [0.5, 0.6) is 5.75 Å². The van der Waals surface area contributed by atoms with Crippen molar-refractivity contribution >= 4 is 41.2 Å². The molecule has 42 heavy (non-hydrogen) atoms. The van der Waals surface area contributed by atoms with Gasteiger partial charge in [-0.15, -0.1) is 0 Å². The molecule has 1 aromatic carbocycles. The van der Waals surface area contributed by atoms with Gasteiger partial charge in [0.25, 0.3) is 0 Å². The molecule has 2 aromatic heterocycles. The van der Waals surface area contributed by atoms with Crippen molar-refractivity contribution in [1.29, 1.82) is 0 Å². The number of pyridine rings is 1. The van der Waals surface area contributed by atoms with Gasteiger partial charge in [-0.3, -0.25) is 4.90 Å². The van der Waals surface area contributed by atoms with E-state index in [9.17, 15) is 17.7 Å². The van der Waals surface area contributed by atoms with Gasteiger partial charge in [0.15, 0.2) is 0 Å². The maximum Gasteiger partial charge on any atom is 0.446 e. The molecule has 0 bridgehead atoms. The van der Waals surface area contributed by atoms with Gasteiger partial charge in [-0.25, -0.2) is 4.52 Å². The molecule has 0 unspecified atom stereocenters. The predicted molar refractivity (Wildman–Crippen MR) is 162 cm³/mol. The minimum absolute atomic E-state index is 0.0324. The maximum atomic E-state index is 13.6. The van der Waals surface area contributed by atoms with Crippen LogP contribution in [0.4, 0.5) is 24.7 Å². The molecule has 0 amide bonds. The Balaban J connectivity index is 1.34. The molecule has 3 aromatic rings. The molecular weight excluding hydrogens is 586 g/mol. The first-order valence-corrected chi connectivity index (χ1v) is 17.1. The fourth-order valence-electron chi connectivity index (χ4n) is 5.24. The third-order valence-corrected chi connectivity index (χ3v) is 10.0. The summed E-state index contributed by atoms with van der Waals surface area (Å²) in [5.74, 6) is 6.88. The number of methoxy groups -OCH3 is 1. The molecule has 0 saturated carbocycles. The molecule has 2 N–H and O–H groups in total. The predicted octanol–water partition coefficient (Wildman–Crippen LogP) is 5.33. The zero-order valence-electron chi connectivity index (χ0n) is 24.0. The van der Waals surface area contributed by atoms with E-state index in [-0.39, 0.29) is 40.5 Å². The smallest absolute Gasteiger partial charge is 0.446 e. The average Bonchev–Trinajstić information content (AvgIpc) is 3.26. The van der Waals surface area contributed by atoms with Crippen molar-refractivity contribution in [3.8, 4) is 17.6 Å². The lowest BCUT2D eigenvalue weighted by atomic mass is 9.93. The summed E-state index contributed by atoms with van der Waals surface area (Å²) in [5.41, 5.74) is -3.36. The second-order valence-corrected chi connectivity index (χ2v) is 15.5. The average molecular weight is 622 g/mol. The van der Waals surface area contributed by atoms with E-state index in [1.807, 2.05) is 6.07 Å². The van der Waals surface area contributed by atoms with Crippen LogP contribution >= 0.6 is 18.9 Å². The number of thioether (sulfide) groups is 1. The number of hydrogen-bond acceptors (Lipinski definition) is 8. The molecule has 226 valence electrons. The van der Waals surface area contributed by atoms with Crippen LogP contribution in [0.3, 0.4) is 0 Å². The van der Waals surface area contributed by atoms with E-state index in [1.54, 1.807) is 43.7 Å². The van der Waals surface area contributed by atoms with E-state index >= 15 is 0 Å². The molecular formula is C29H35F3N5O3PS. The van der Waals surface area contributed by atoms with Crippen molar-refractivity contribution in [2.75, 3.05) is 63.9 Å². The van der Waals surface area contributed by atoms with Gasteiger partial charge in [0.05, 0.1) is 48.5 Å². The molecule has 0 atom stereocenters. The topological polar surface area (TPSA) is 80.1 Å². The number of halogens is 3. The zero-order valence-corrected chi connectivity index (χ0v) is 25.8. The van der Waals surface area contributed by atoms with Gasteiger partial charge >= 0.3 is 5.51 Å². The molecule has 2 aliphatic heterocycles. The molecule has 8 nitrogen and oxygen atoms in total. The van der Waals surface area contributed by atoms with E-state index in [1.165, 1.54) is 11.6 Å². The Labute approximate surface area is 248 Å². The van der Waals surface area contributed by atoms with Gasteiger partial charge in [-0.2, -0.15) is 18.3 Å². The molecule has 2 fully saturated rings. The lowest BCUT2D eigenvalue weighted by Crippen LogP contribution is -2.62. The van der Waals surface area contributed by atoms with Crippen LogP contribution in [0.1, 0.15) is 25.5 Å². The first kappa shape index (κ1) is 30.6. The monoisotopic (exact) mass is 621 g/mol. The van der Waals surface area contributed by atoms with E-state index in [4.69, 9.17) is 9.47 Å². The van der Waals surface area contributed by atoms with Crippen molar-refractivity contribution in [3.63, 3.8) is 0 Å². The van der Waals surface area contributed by atoms with E-state index < -0.39 is 12.7 Å². The largest absolute Gasteiger partial charge is 0.495 e. The highest BCUT2D eigenvalue weighted by molar-refractivity contribution is 8.00. The van der Waals surface area contributed by atoms with Crippen molar-refractivity contribution in [1.82, 2.24) is 14.5 Å². The maximum absolute atomic E-state index is 13.6. The third kappa shape index (κ3) is 6.86. The van der Waals surface area contributed by atoms with Crippen LogP contribution in [0.25, 0.3) is 5.52 Å². The van der Waals surface area contributed by atoms with Crippen LogP contribution in [-0.2, 0) is 9.30 Å². The number of anilines is 2. The summed E-state index contributed by atoms with van der Waals surface area (Å²) in [7, 11) is -0.949. The summed E-state index contributed by atoms with van der Waals surface area (Å²) in [6.45, 7) is 9.07. The van der Waals surface area contributed by atoms with Gasteiger partial charge in [-0.05, 0) is 81.1 Å². The number of nitrogens with one attached hydrogen (secondary N) is 2. The fraction of sp³-hybridized carbons (Fsp3) is 0.483. The minimum Gasteiger partial charge on any atom is -0.495 e. The molecule has 0 spiro atoms. The van der Waals surface area contributed by atoms with Gasteiger partial charge < -0.3 is 24.7 Å². The Hall–Kier alpha value is -2.84. The minimum atomic E-state index is -4.50. The second kappa shape index (κ2) is 12.0. The number of aromatic nitrogens is 2. The van der Waals surface area contributed by atoms with Crippen molar-refractivity contribution in [3.05, 3.63) is 42.1 Å².